The number of rotatable bonds is 1. The fraction of sp³-hybridized carbons (Fsp3) is 0.438. The van der Waals surface area contributed by atoms with E-state index in [-0.39, 0.29) is 42.4 Å². The van der Waals surface area contributed by atoms with Gasteiger partial charge in [0.1, 0.15) is 6.07 Å². The lowest BCUT2D eigenvalue weighted by Crippen LogP contribution is -2.42. The minimum absolute atomic E-state index is 0.0468. The van der Waals surface area contributed by atoms with Gasteiger partial charge in [-0.05, 0) is 36.7 Å². The van der Waals surface area contributed by atoms with E-state index < -0.39 is 12.1 Å². The number of alkyl halides is 3. The molecule has 1 heterocycles. The molecule has 0 atom stereocenters. The van der Waals surface area contributed by atoms with Gasteiger partial charge in [0, 0.05) is 32.7 Å². The van der Waals surface area contributed by atoms with Gasteiger partial charge in [-0.2, -0.15) is 18.4 Å². The lowest BCUT2D eigenvalue weighted by molar-refractivity contribution is -0.185. The van der Waals surface area contributed by atoms with E-state index in [0.29, 0.717) is 5.56 Å². The molecular formula is C16H16F3N3O2S. The SMILES string of the molecule is CN(C)C(=S)Oc1c(C#N)ccc2c1CCN(C(=O)C(F)(F)F)CC2. The van der Waals surface area contributed by atoms with Gasteiger partial charge in [-0.15, -0.1) is 0 Å². The number of benzene rings is 1. The Balaban J connectivity index is 2.35. The fourth-order valence-electron chi connectivity index (χ4n) is 2.56. The zero-order valence-corrected chi connectivity index (χ0v) is 14.5. The van der Waals surface area contributed by atoms with Crippen LogP contribution in [0.5, 0.6) is 5.75 Å². The largest absolute Gasteiger partial charge is 0.471 e. The van der Waals surface area contributed by atoms with Gasteiger partial charge < -0.3 is 14.5 Å². The van der Waals surface area contributed by atoms with E-state index in [2.05, 4.69) is 0 Å². The molecule has 0 aromatic heterocycles. The molecule has 0 radical (unpaired) electrons. The Labute approximate surface area is 148 Å². The molecule has 0 spiro atoms. The monoisotopic (exact) mass is 371 g/mol. The molecule has 0 N–H and O–H groups in total. The molecule has 5 nitrogen and oxygen atoms in total. The second-order valence-corrected chi connectivity index (χ2v) is 6.09. The van der Waals surface area contributed by atoms with Gasteiger partial charge in [-0.1, -0.05) is 6.07 Å². The topological polar surface area (TPSA) is 56.6 Å². The van der Waals surface area contributed by atoms with Crippen molar-refractivity contribution in [2.45, 2.75) is 19.0 Å². The number of hydrogen-bond donors (Lipinski definition) is 0. The lowest BCUT2D eigenvalue weighted by atomic mass is 9.99. The number of ether oxygens (including phenoxy) is 1. The second-order valence-electron chi connectivity index (χ2n) is 5.74. The standard InChI is InChI=1S/C16H16F3N3O2S/c1-21(2)15(25)24-13-11(9-20)4-3-10-5-7-22(8-6-12(10)13)14(23)16(17,18)19/h3-4H,5-8H2,1-2H3. The van der Waals surface area contributed by atoms with Crippen molar-refractivity contribution in [2.24, 2.45) is 0 Å². The summed E-state index contributed by atoms with van der Waals surface area (Å²) in [4.78, 5) is 13.8. The number of carbonyl (C=O) groups is 1. The summed E-state index contributed by atoms with van der Waals surface area (Å²) < 4.78 is 43.6. The highest BCUT2D eigenvalue weighted by Crippen LogP contribution is 2.31. The Morgan fingerprint density at radius 3 is 2.52 bits per heavy atom. The van der Waals surface area contributed by atoms with Gasteiger partial charge in [0.25, 0.3) is 5.17 Å². The molecule has 0 saturated carbocycles. The highest BCUT2D eigenvalue weighted by atomic mass is 32.1. The van der Waals surface area contributed by atoms with Crippen molar-refractivity contribution in [2.75, 3.05) is 27.2 Å². The van der Waals surface area contributed by atoms with Crippen molar-refractivity contribution in [1.29, 1.82) is 5.26 Å². The number of hydrogen-bond acceptors (Lipinski definition) is 4. The normalized spacial score (nSPS) is 14.2. The molecule has 25 heavy (non-hydrogen) atoms. The van der Waals surface area contributed by atoms with Crippen LogP contribution in [0, 0.1) is 11.3 Å². The molecule has 134 valence electrons. The van der Waals surface area contributed by atoms with Crippen LogP contribution >= 0.6 is 12.2 Å². The highest BCUT2D eigenvalue weighted by molar-refractivity contribution is 7.80. The van der Waals surface area contributed by atoms with Crippen LogP contribution in [0.25, 0.3) is 0 Å². The number of thiocarbonyl (C=S) groups is 1. The van der Waals surface area contributed by atoms with E-state index in [1.807, 2.05) is 6.07 Å². The van der Waals surface area contributed by atoms with E-state index in [4.69, 9.17) is 17.0 Å². The van der Waals surface area contributed by atoms with E-state index in [9.17, 15) is 23.2 Å². The molecule has 0 unspecified atom stereocenters. The third-order valence-corrected chi connectivity index (χ3v) is 4.29. The summed E-state index contributed by atoms with van der Waals surface area (Å²) in [5.41, 5.74) is 1.60. The van der Waals surface area contributed by atoms with Crippen LogP contribution in [-0.4, -0.2) is 54.2 Å². The molecule has 0 bridgehead atoms. The number of amides is 1. The minimum Gasteiger partial charge on any atom is -0.430 e. The van der Waals surface area contributed by atoms with Crippen LogP contribution in [0.1, 0.15) is 16.7 Å². The molecule has 0 saturated heterocycles. The Morgan fingerprint density at radius 2 is 1.96 bits per heavy atom. The van der Waals surface area contributed by atoms with Gasteiger partial charge in [0.2, 0.25) is 0 Å². The van der Waals surface area contributed by atoms with Gasteiger partial charge in [-0.3, -0.25) is 4.79 Å². The average molecular weight is 371 g/mol. The summed E-state index contributed by atoms with van der Waals surface area (Å²) in [7, 11) is 3.36. The van der Waals surface area contributed by atoms with Crippen molar-refractivity contribution in [3.63, 3.8) is 0 Å². The molecule has 1 amide bonds. The predicted molar refractivity (Wildman–Crippen MR) is 88.1 cm³/mol. The first-order valence-electron chi connectivity index (χ1n) is 7.45. The van der Waals surface area contributed by atoms with E-state index in [1.54, 1.807) is 31.1 Å². The second kappa shape index (κ2) is 7.27. The molecule has 9 heteroatoms. The minimum atomic E-state index is -4.90. The van der Waals surface area contributed by atoms with Gasteiger partial charge in [-0.25, -0.2) is 0 Å². The smallest absolute Gasteiger partial charge is 0.430 e. The molecule has 0 fully saturated rings. The molecule has 1 aromatic carbocycles. The number of nitriles is 1. The summed E-state index contributed by atoms with van der Waals surface area (Å²) >= 11 is 5.10. The highest BCUT2D eigenvalue weighted by Gasteiger charge is 2.42. The Hall–Kier alpha value is -2.34. The Morgan fingerprint density at radius 1 is 1.32 bits per heavy atom. The van der Waals surface area contributed by atoms with Gasteiger partial charge >= 0.3 is 12.1 Å². The summed E-state index contributed by atoms with van der Waals surface area (Å²) in [6.45, 7) is -0.153. The van der Waals surface area contributed by atoms with Crippen molar-refractivity contribution >= 4 is 23.3 Å². The van der Waals surface area contributed by atoms with Crippen LogP contribution in [0.3, 0.4) is 0 Å². The van der Waals surface area contributed by atoms with Gasteiger partial charge in [0.15, 0.2) is 5.75 Å². The molecular weight excluding hydrogens is 355 g/mol. The van der Waals surface area contributed by atoms with E-state index in [0.717, 1.165) is 10.5 Å². The Bertz CT molecular complexity index is 741. The lowest BCUT2D eigenvalue weighted by Gasteiger charge is -2.21. The predicted octanol–water partition coefficient (Wildman–Crippen LogP) is 2.27. The summed E-state index contributed by atoms with van der Waals surface area (Å²) in [6, 6.07) is 5.24. The first-order chi connectivity index (χ1) is 11.6. The van der Waals surface area contributed by atoms with Gasteiger partial charge in [0.05, 0.1) is 5.56 Å². The number of nitrogens with zero attached hydrogens (tertiary/aromatic N) is 3. The van der Waals surface area contributed by atoms with Crippen LogP contribution < -0.4 is 4.74 Å². The molecule has 1 aliphatic heterocycles. The van der Waals surface area contributed by atoms with E-state index >= 15 is 0 Å². The first kappa shape index (κ1) is 19.0. The zero-order chi connectivity index (χ0) is 18.8. The third-order valence-electron chi connectivity index (χ3n) is 3.84. The summed E-state index contributed by atoms with van der Waals surface area (Å²) in [5.74, 6) is -1.60. The molecule has 2 rings (SSSR count). The van der Waals surface area contributed by atoms with Crippen molar-refractivity contribution in [3.8, 4) is 11.8 Å². The molecule has 0 aliphatic carbocycles. The Kier molecular flexibility index (Phi) is 5.52. The third kappa shape index (κ3) is 4.20. The maximum absolute atomic E-state index is 12.7. The summed E-state index contributed by atoms with van der Waals surface area (Å²) in [6.07, 6.45) is -4.51. The zero-order valence-electron chi connectivity index (χ0n) is 13.7. The van der Waals surface area contributed by atoms with Crippen molar-refractivity contribution in [1.82, 2.24) is 9.80 Å². The quantitative estimate of drug-likeness (QED) is 0.709. The maximum atomic E-state index is 12.7. The van der Waals surface area contributed by atoms with Crippen molar-refractivity contribution < 1.29 is 22.7 Å². The van der Waals surface area contributed by atoms with Crippen LogP contribution in [0.4, 0.5) is 13.2 Å². The number of carbonyl (C=O) groups excluding carboxylic acids is 1. The van der Waals surface area contributed by atoms with Crippen LogP contribution in [0.2, 0.25) is 0 Å². The summed E-state index contributed by atoms with van der Waals surface area (Å²) in [5, 5.41) is 9.42. The molecule has 1 aromatic rings. The first-order valence-corrected chi connectivity index (χ1v) is 7.86. The van der Waals surface area contributed by atoms with Crippen LogP contribution in [-0.2, 0) is 17.6 Å². The average Bonchev–Trinajstić information content (AvgIpc) is 2.76. The fourth-order valence-corrected chi connectivity index (χ4v) is 2.64. The number of halogens is 3. The molecule has 1 aliphatic rings. The van der Waals surface area contributed by atoms with Crippen LogP contribution in [0.15, 0.2) is 12.1 Å². The van der Waals surface area contributed by atoms with Crippen molar-refractivity contribution in [3.05, 3.63) is 28.8 Å². The maximum Gasteiger partial charge on any atom is 0.471 e. The number of fused-ring (bicyclic) bond motifs is 1. The van der Waals surface area contributed by atoms with E-state index in [1.165, 1.54) is 0 Å².